The van der Waals surface area contributed by atoms with Crippen molar-refractivity contribution in [2.45, 2.75) is 33.6 Å². The molecule has 2 heterocycles. The van der Waals surface area contributed by atoms with Gasteiger partial charge in [0.15, 0.2) is 23.9 Å². The highest BCUT2D eigenvalue weighted by molar-refractivity contribution is 5.92. The van der Waals surface area contributed by atoms with Gasteiger partial charge in [-0.2, -0.15) is 5.10 Å². The van der Waals surface area contributed by atoms with Crippen molar-refractivity contribution in [3.8, 4) is 0 Å². The van der Waals surface area contributed by atoms with Gasteiger partial charge in [-0.15, -0.1) is 0 Å². The first-order valence-corrected chi connectivity index (χ1v) is 8.97. The Morgan fingerprint density at radius 2 is 1.90 bits per heavy atom. The lowest BCUT2D eigenvalue weighted by Gasteiger charge is -2.11. The molecule has 0 radical (unpaired) electrons. The topological polar surface area (TPSA) is 85.6 Å². The molecule has 0 aliphatic rings. The number of nitrogens with zero attached hydrogens (tertiary/aromatic N) is 3. The first-order valence-electron chi connectivity index (χ1n) is 8.97. The largest absolute Gasteiger partial charge is 0.456 e. The van der Waals surface area contributed by atoms with Gasteiger partial charge in [0.05, 0.1) is 5.69 Å². The van der Waals surface area contributed by atoms with Crippen LogP contribution in [0.5, 0.6) is 0 Å². The van der Waals surface area contributed by atoms with Crippen LogP contribution in [0, 0.1) is 32.4 Å². The lowest BCUT2D eigenvalue weighted by molar-refractivity contribution is -0.147. The Hall–Kier alpha value is -3.36. The van der Waals surface area contributed by atoms with Crippen molar-refractivity contribution in [1.82, 2.24) is 14.6 Å². The molecular weight excluding hydrogens is 382 g/mol. The van der Waals surface area contributed by atoms with Crippen molar-refractivity contribution in [1.29, 1.82) is 0 Å². The molecule has 7 nitrogen and oxygen atoms in total. The third kappa shape index (κ3) is 4.74. The standard InChI is InChI=1S/C20H20F2N4O3/c1-11-8-18-23-12(2)15(13(3)26(18)25-11)5-7-20(28)29-10-19(27)24-14-4-6-16(21)17(22)9-14/h4,6,8-9H,5,7,10H2,1-3H3,(H,24,27). The molecule has 0 atom stereocenters. The maximum Gasteiger partial charge on any atom is 0.306 e. The molecular formula is C20H20F2N4O3. The minimum Gasteiger partial charge on any atom is -0.456 e. The number of ether oxygens (including phenoxy) is 1. The Bertz CT molecular complexity index is 1100. The Morgan fingerprint density at radius 3 is 2.62 bits per heavy atom. The first-order chi connectivity index (χ1) is 13.7. The monoisotopic (exact) mass is 402 g/mol. The number of aryl methyl sites for hydroxylation is 3. The van der Waals surface area contributed by atoms with Crippen LogP contribution in [0.25, 0.3) is 5.65 Å². The molecule has 3 rings (SSSR count). The highest BCUT2D eigenvalue weighted by atomic mass is 19.2. The fourth-order valence-corrected chi connectivity index (χ4v) is 3.02. The number of anilines is 1. The molecule has 0 spiro atoms. The molecule has 0 unspecified atom stereocenters. The zero-order chi connectivity index (χ0) is 21.1. The van der Waals surface area contributed by atoms with Crippen LogP contribution in [0.3, 0.4) is 0 Å². The van der Waals surface area contributed by atoms with Gasteiger partial charge >= 0.3 is 5.97 Å². The summed E-state index contributed by atoms with van der Waals surface area (Å²) in [7, 11) is 0. The van der Waals surface area contributed by atoms with E-state index >= 15 is 0 Å². The lowest BCUT2D eigenvalue weighted by atomic mass is 10.1. The number of nitrogens with one attached hydrogen (secondary N) is 1. The van der Waals surface area contributed by atoms with E-state index < -0.39 is 30.1 Å². The summed E-state index contributed by atoms with van der Waals surface area (Å²) in [4.78, 5) is 28.3. The molecule has 1 N–H and O–H groups in total. The van der Waals surface area contributed by atoms with E-state index in [2.05, 4.69) is 15.4 Å². The van der Waals surface area contributed by atoms with Crippen molar-refractivity contribution in [2.24, 2.45) is 0 Å². The number of aromatic nitrogens is 3. The number of hydrogen-bond acceptors (Lipinski definition) is 5. The third-order valence-electron chi connectivity index (χ3n) is 4.43. The highest BCUT2D eigenvalue weighted by Gasteiger charge is 2.14. The van der Waals surface area contributed by atoms with Crippen LogP contribution in [0.2, 0.25) is 0 Å². The maximum absolute atomic E-state index is 13.1. The number of halogens is 2. The Balaban J connectivity index is 1.54. The fourth-order valence-electron chi connectivity index (χ4n) is 3.02. The maximum atomic E-state index is 13.1. The van der Waals surface area contributed by atoms with Crippen LogP contribution in [0.4, 0.5) is 14.5 Å². The summed E-state index contributed by atoms with van der Waals surface area (Å²) in [5.74, 6) is -3.30. The van der Waals surface area contributed by atoms with Crippen molar-refractivity contribution in [3.05, 3.63) is 58.5 Å². The minimum atomic E-state index is -1.08. The van der Waals surface area contributed by atoms with Crippen LogP contribution in [-0.2, 0) is 20.7 Å². The summed E-state index contributed by atoms with van der Waals surface area (Å²) in [6.45, 7) is 5.13. The van der Waals surface area contributed by atoms with E-state index in [0.29, 0.717) is 6.42 Å². The molecule has 2 aromatic heterocycles. The van der Waals surface area contributed by atoms with Crippen molar-refractivity contribution in [3.63, 3.8) is 0 Å². The fraction of sp³-hybridized carbons (Fsp3) is 0.300. The number of esters is 1. The van der Waals surface area contributed by atoms with Gasteiger partial charge < -0.3 is 10.1 Å². The van der Waals surface area contributed by atoms with Crippen molar-refractivity contribution >= 4 is 23.2 Å². The van der Waals surface area contributed by atoms with Crippen LogP contribution in [-0.4, -0.2) is 33.1 Å². The molecule has 29 heavy (non-hydrogen) atoms. The minimum absolute atomic E-state index is 0.0631. The Labute approximate surface area is 165 Å². The molecule has 1 aromatic carbocycles. The Morgan fingerprint density at radius 1 is 1.14 bits per heavy atom. The number of benzene rings is 1. The second-order valence-corrected chi connectivity index (χ2v) is 6.65. The van der Waals surface area contributed by atoms with E-state index in [0.717, 1.165) is 40.4 Å². The van der Waals surface area contributed by atoms with Crippen molar-refractivity contribution < 1.29 is 23.1 Å². The van der Waals surface area contributed by atoms with Crippen molar-refractivity contribution in [2.75, 3.05) is 11.9 Å². The number of fused-ring (bicyclic) bond motifs is 1. The summed E-state index contributed by atoms with van der Waals surface area (Å²) < 4.78 is 32.7. The quantitative estimate of drug-likeness (QED) is 0.641. The van der Waals surface area contributed by atoms with Gasteiger partial charge in [-0.3, -0.25) is 9.59 Å². The smallest absolute Gasteiger partial charge is 0.306 e. The average Bonchev–Trinajstić information content (AvgIpc) is 3.03. The van der Waals surface area contributed by atoms with E-state index in [9.17, 15) is 18.4 Å². The van der Waals surface area contributed by atoms with E-state index in [4.69, 9.17) is 4.74 Å². The molecule has 0 saturated heterocycles. The summed E-state index contributed by atoms with van der Waals surface area (Å²) in [6.07, 6.45) is 0.455. The second-order valence-electron chi connectivity index (χ2n) is 6.65. The third-order valence-corrected chi connectivity index (χ3v) is 4.43. The zero-order valence-corrected chi connectivity index (χ0v) is 16.3. The predicted molar refractivity (Wildman–Crippen MR) is 101 cm³/mol. The van der Waals surface area contributed by atoms with E-state index in [1.165, 1.54) is 6.07 Å². The molecule has 0 fully saturated rings. The Kier molecular flexibility index (Phi) is 5.86. The molecule has 9 heteroatoms. The first kappa shape index (κ1) is 20.4. The highest BCUT2D eigenvalue weighted by Crippen LogP contribution is 2.17. The van der Waals surface area contributed by atoms with E-state index in [1.54, 1.807) is 4.52 Å². The molecule has 0 bridgehead atoms. The number of amides is 1. The molecule has 0 saturated carbocycles. The van der Waals surface area contributed by atoms with Gasteiger partial charge in [0.25, 0.3) is 5.91 Å². The number of carbonyl (C=O) groups is 2. The van der Waals surface area contributed by atoms with Gasteiger partial charge in [0, 0.05) is 35.6 Å². The van der Waals surface area contributed by atoms with Gasteiger partial charge in [-0.1, -0.05) is 0 Å². The molecule has 3 aromatic rings. The van der Waals surface area contributed by atoms with Crippen LogP contribution < -0.4 is 5.32 Å². The summed E-state index contributed by atoms with van der Waals surface area (Å²) in [5.41, 5.74) is 4.26. The number of rotatable bonds is 6. The van der Waals surface area contributed by atoms with E-state index in [-0.39, 0.29) is 12.1 Å². The zero-order valence-electron chi connectivity index (χ0n) is 16.3. The number of carbonyl (C=O) groups excluding carboxylic acids is 2. The van der Waals surface area contributed by atoms with Gasteiger partial charge in [-0.25, -0.2) is 18.3 Å². The SMILES string of the molecule is Cc1cc2nc(C)c(CCC(=O)OCC(=O)Nc3ccc(F)c(F)c3)c(C)n2n1. The predicted octanol–water partition coefficient (Wildman–Crippen LogP) is 3.05. The van der Waals surface area contributed by atoms with Crippen LogP contribution in [0.15, 0.2) is 24.3 Å². The normalized spacial score (nSPS) is 10.9. The molecule has 1 amide bonds. The lowest BCUT2D eigenvalue weighted by Crippen LogP contribution is -2.21. The van der Waals surface area contributed by atoms with Gasteiger partial charge in [0.2, 0.25) is 0 Å². The van der Waals surface area contributed by atoms with E-state index in [1.807, 2.05) is 26.8 Å². The number of hydrogen-bond donors (Lipinski definition) is 1. The molecule has 0 aliphatic heterocycles. The average molecular weight is 402 g/mol. The van der Waals surface area contributed by atoms with Crippen LogP contribution >= 0.6 is 0 Å². The molecule has 152 valence electrons. The summed E-state index contributed by atoms with van der Waals surface area (Å²) in [5, 5.41) is 6.72. The second kappa shape index (κ2) is 8.34. The van der Waals surface area contributed by atoms with Gasteiger partial charge in [0.1, 0.15) is 0 Å². The van der Waals surface area contributed by atoms with Crippen LogP contribution in [0.1, 0.15) is 29.1 Å². The summed E-state index contributed by atoms with van der Waals surface area (Å²) >= 11 is 0. The summed E-state index contributed by atoms with van der Waals surface area (Å²) in [6, 6.07) is 4.84. The molecule has 0 aliphatic carbocycles. The van der Waals surface area contributed by atoms with Gasteiger partial charge in [-0.05, 0) is 44.9 Å².